The molecule has 0 saturated carbocycles. The maximum absolute atomic E-state index is 12.5. The summed E-state index contributed by atoms with van der Waals surface area (Å²) >= 11 is 0. The lowest BCUT2D eigenvalue weighted by atomic mass is 9.92. The first-order valence-corrected chi connectivity index (χ1v) is 10.3. The summed E-state index contributed by atoms with van der Waals surface area (Å²) in [6, 6.07) is 12.5. The number of hydrogen-bond donors (Lipinski definition) is 0. The van der Waals surface area contributed by atoms with Crippen LogP contribution in [0.15, 0.2) is 42.6 Å². The van der Waals surface area contributed by atoms with Crippen LogP contribution < -0.4 is 4.90 Å². The summed E-state index contributed by atoms with van der Waals surface area (Å²) in [4.78, 5) is 16.9. The molecule has 2 saturated heterocycles. The molecule has 1 aromatic carbocycles. The van der Waals surface area contributed by atoms with Gasteiger partial charge in [-0.15, -0.1) is 0 Å². The van der Waals surface area contributed by atoms with Gasteiger partial charge in [-0.05, 0) is 57.9 Å². The number of benzene rings is 1. The molecule has 2 aromatic rings. The molecular formula is C22H30N4O2. The van der Waals surface area contributed by atoms with Gasteiger partial charge in [0.15, 0.2) is 0 Å². The Morgan fingerprint density at radius 2 is 1.96 bits per heavy atom. The average molecular weight is 383 g/mol. The highest BCUT2D eigenvalue weighted by Crippen LogP contribution is 2.33. The topological polar surface area (TPSA) is 50.6 Å². The van der Waals surface area contributed by atoms with Crippen LogP contribution in [0, 0.1) is 0 Å². The van der Waals surface area contributed by atoms with Crippen molar-refractivity contribution in [3.05, 3.63) is 48.3 Å². The number of nitrogens with zero attached hydrogens (tertiary/aromatic N) is 4. The van der Waals surface area contributed by atoms with Crippen molar-refractivity contribution in [3.8, 4) is 0 Å². The molecule has 4 rings (SSSR count). The van der Waals surface area contributed by atoms with E-state index in [4.69, 9.17) is 4.74 Å². The van der Waals surface area contributed by atoms with E-state index in [-0.39, 0.29) is 18.1 Å². The second-order valence-electron chi connectivity index (χ2n) is 8.28. The molecule has 0 aliphatic carbocycles. The Kier molecular flexibility index (Phi) is 5.51. The lowest BCUT2D eigenvalue weighted by molar-refractivity contribution is -0.140. The van der Waals surface area contributed by atoms with Crippen molar-refractivity contribution in [2.24, 2.45) is 0 Å². The van der Waals surface area contributed by atoms with Crippen LogP contribution in [0.3, 0.4) is 0 Å². The van der Waals surface area contributed by atoms with Gasteiger partial charge in [0.05, 0.1) is 17.8 Å². The van der Waals surface area contributed by atoms with Gasteiger partial charge in [-0.2, -0.15) is 5.10 Å². The minimum absolute atomic E-state index is 0.0544. The van der Waals surface area contributed by atoms with Gasteiger partial charge in [-0.25, -0.2) is 0 Å². The molecule has 28 heavy (non-hydrogen) atoms. The second-order valence-corrected chi connectivity index (χ2v) is 8.28. The molecule has 1 spiro atoms. The molecule has 6 heteroatoms. The van der Waals surface area contributed by atoms with Crippen LogP contribution in [0.5, 0.6) is 0 Å². The van der Waals surface area contributed by atoms with E-state index < -0.39 is 0 Å². The van der Waals surface area contributed by atoms with Crippen LogP contribution in [0.25, 0.3) is 0 Å². The summed E-state index contributed by atoms with van der Waals surface area (Å²) in [5, 5.41) is 4.46. The summed E-state index contributed by atoms with van der Waals surface area (Å²) in [7, 11) is 0. The largest absolute Gasteiger partial charge is 0.363 e. The molecule has 1 atom stereocenters. The molecule has 2 fully saturated rings. The fourth-order valence-electron chi connectivity index (χ4n) is 4.40. The van der Waals surface area contributed by atoms with Gasteiger partial charge in [-0.3, -0.25) is 14.4 Å². The number of carbonyl (C=O) groups excluding carboxylic acids is 1. The van der Waals surface area contributed by atoms with Crippen molar-refractivity contribution in [1.29, 1.82) is 0 Å². The van der Waals surface area contributed by atoms with Crippen molar-refractivity contribution in [2.75, 3.05) is 31.1 Å². The molecule has 1 amide bonds. The summed E-state index contributed by atoms with van der Waals surface area (Å²) in [5.41, 5.74) is 1.99. The maximum Gasteiger partial charge on any atom is 0.253 e. The summed E-state index contributed by atoms with van der Waals surface area (Å²) in [6.07, 6.45) is 4.90. The zero-order valence-electron chi connectivity index (χ0n) is 16.9. The minimum atomic E-state index is -0.239. The third-order valence-corrected chi connectivity index (χ3v) is 5.93. The predicted octanol–water partition coefficient (Wildman–Crippen LogP) is 3.25. The van der Waals surface area contributed by atoms with Crippen LogP contribution in [-0.2, 0) is 16.1 Å². The standard InChI is InChI=1S/C22H30N4O2/c1-18(2)26-20(9-12-23-26)15-24-13-6-10-22(11-14-24)17-25(21(27)16-28-22)19-7-4-3-5-8-19/h3-5,7-9,12,18H,6,10-11,13-17H2,1-2H3. The van der Waals surface area contributed by atoms with Crippen LogP contribution in [0.2, 0.25) is 0 Å². The minimum Gasteiger partial charge on any atom is -0.363 e. The smallest absolute Gasteiger partial charge is 0.253 e. The van der Waals surface area contributed by atoms with Crippen LogP contribution in [-0.4, -0.2) is 52.4 Å². The lowest BCUT2D eigenvalue weighted by Crippen LogP contribution is -2.55. The van der Waals surface area contributed by atoms with Crippen molar-refractivity contribution < 1.29 is 9.53 Å². The van der Waals surface area contributed by atoms with E-state index in [1.54, 1.807) is 0 Å². The van der Waals surface area contributed by atoms with Crippen LogP contribution >= 0.6 is 0 Å². The number of morpholine rings is 1. The number of para-hydroxylation sites is 1. The van der Waals surface area contributed by atoms with E-state index in [1.165, 1.54) is 5.69 Å². The lowest BCUT2D eigenvalue weighted by Gasteiger charge is -2.42. The molecule has 0 radical (unpaired) electrons. The third kappa shape index (κ3) is 3.98. The first-order valence-electron chi connectivity index (χ1n) is 10.3. The molecule has 1 unspecified atom stereocenters. The quantitative estimate of drug-likeness (QED) is 0.815. The number of rotatable bonds is 4. The van der Waals surface area contributed by atoms with Gasteiger partial charge in [0, 0.05) is 31.0 Å². The van der Waals surface area contributed by atoms with Crippen molar-refractivity contribution in [3.63, 3.8) is 0 Å². The predicted molar refractivity (Wildman–Crippen MR) is 109 cm³/mol. The van der Waals surface area contributed by atoms with Crippen molar-refractivity contribution in [2.45, 2.75) is 51.3 Å². The van der Waals surface area contributed by atoms with E-state index in [2.05, 4.69) is 34.6 Å². The zero-order chi connectivity index (χ0) is 19.6. The molecule has 1 aromatic heterocycles. The van der Waals surface area contributed by atoms with Crippen LogP contribution in [0.4, 0.5) is 5.69 Å². The van der Waals surface area contributed by atoms with Gasteiger partial charge >= 0.3 is 0 Å². The Balaban J connectivity index is 1.44. The number of ether oxygens (including phenoxy) is 1. The van der Waals surface area contributed by atoms with Gasteiger partial charge in [0.25, 0.3) is 5.91 Å². The number of anilines is 1. The summed E-state index contributed by atoms with van der Waals surface area (Å²) in [5.74, 6) is 0.0544. The highest BCUT2D eigenvalue weighted by atomic mass is 16.5. The monoisotopic (exact) mass is 382 g/mol. The van der Waals surface area contributed by atoms with E-state index >= 15 is 0 Å². The molecular weight excluding hydrogens is 352 g/mol. The Labute approximate surface area is 167 Å². The number of amides is 1. The van der Waals surface area contributed by atoms with E-state index in [0.717, 1.165) is 44.6 Å². The van der Waals surface area contributed by atoms with Gasteiger partial charge < -0.3 is 9.64 Å². The summed E-state index contributed by atoms with van der Waals surface area (Å²) < 4.78 is 8.27. The normalized spacial score (nSPS) is 24.1. The Morgan fingerprint density at radius 3 is 2.75 bits per heavy atom. The van der Waals surface area contributed by atoms with Crippen molar-refractivity contribution >= 4 is 11.6 Å². The molecule has 0 bridgehead atoms. The van der Waals surface area contributed by atoms with Gasteiger partial charge in [-0.1, -0.05) is 18.2 Å². The Morgan fingerprint density at radius 1 is 1.14 bits per heavy atom. The van der Waals surface area contributed by atoms with E-state index in [9.17, 15) is 4.79 Å². The second kappa shape index (κ2) is 8.05. The number of aromatic nitrogens is 2. The highest BCUT2D eigenvalue weighted by Gasteiger charge is 2.41. The Hall–Kier alpha value is -2.18. The van der Waals surface area contributed by atoms with Gasteiger partial charge in [0.2, 0.25) is 0 Å². The molecule has 3 heterocycles. The first kappa shape index (κ1) is 19.2. The maximum atomic E-state index is 12.5. The fourth-order valence-corrected chi connectivity index (χ4v) is 4.40. The zero-order valence-corrected chi connectivity index (χ0v) is 16.9. The van der Waals surface area contributed by atoms with E-state index in [1.807, 2.05) is 41.4 Å². The number of hydrogen-bond acceptors (Lipinski definition) is 4. The van der Waals surface area contributed by atoms with Crippen molar-refractivity contribution in [1.82, 2.24) is 14.7 Å². The SMILES string of the molecule is CC(C)n1nccc1CN1CCCC2(CC1)CN(c1ccccc1)C(=O)CO2. The first-order chi connectivity index (χ1) is 13.6. The number of likely N-dealkylation sites (tertiary alicyclic amines) is 1. The molecule has 150 valence electrons. The molecule has 6 nitrogen and oxygen atoms in total. The van der Waals surface area contributed by atoms with E-state index in [0.29, 0.717) is 12.6 Å². The highest BCUT2D eigenvalue weighted by molar-refractivity contribution is 5.95. The van der Waals surface area contributed by atoms with Gasteiger partial charge in [0.1, 0.15) is 6.61 Å². The molecule has 0 N–H and O–H groups in total. The summed E-state index contributed by atoms with van der Waals surface area (Å²) in [6.45, 7) is 8.09. The average Bonchev–Trinajstić information content (AvgIpc) is 3.08. The molecule has 2 aliphatic rings. The van der Waals surface area contributed by atoms with Crippen LogP contribution in [0.1, 0.15) is 44.8 Å². The fraction of sp³-hybridized carbons (Fsp3) is 0.545. The third-order valence-electron chi connectivity index (χ3n) is 5.93. The number of carbonyl (C=O) groups is 1. The molecule has 2 aliphatic heterocycles. The Bertz CT molecular complexity index is 804.